The molecule has 3 aliphatic rings. The molecule has 98 valence electrons. The molecule has 18 heavy (non-hydrogen) atoms. The molecule has 1 aromatic rings. The number of hydrogen-bond donors (Lipinski definition) is 2. The minimum Gasteiger partial charge on any atom is -0.506 e. The van der Waals surface area contributed by atoms with Crippen LogP contribution in [0, 0.1) is 12.8 Å². The zero-order valence-corrected chi connectivity index (χ0v) is 10.9. The van der Waals surface area contributed by atoms with Gasteiger partial charge in [0.2, 0.25) is 0 Å². The largest absolute Gasteiger partial charge is 0.506 e. The van der Waals surface area contributed by atoms with E-state index in [4.69, 9.17) is 0 Å². The number of pyridine rings is 1. The van der Waals surface area contributed by atoms with Crippen molar-refractivity contribution in [3.05, 3.63) is 23.5 Å². The SMILES string of the molecule is Cc1ccc(O)c(CNC2CN3CCC2CC3)n1. The van der Waals surface area contributed by atoms with Gasteiger partial charge in [0.15, 0.2) is 0 Å². The van der Waals surface area contributed by atoms with Gasteiger partial charge in [-0.15, -0.1) is 0 Å². The maximum atomic E-state index is 9.78. The van der Waals surface area contributed by atoms with Gasteiger partial charge in [-0.05, 0) is 50.9 Å². The molecule has 4 heteroatoms. The third kappa shape index (κ3) is 2.35. The number of nitrogens with zero attached hydrogens (tertiary/aromatic N) is 2. The second-order valence-electron chi connectivity index (χ2n) is 5.54. The van der Waals surface area contributed by atoms with Gasteiger partial charge in [0.05, 0.1) is 5.69 Å². The topological polar surface area (TPSA) is 48.4 Å². The van der Waals surface area contributed by atoms with Crippen LogP contribution < -0.4 is 5.32 Å². The van der Waals surface area contributed by atoms with Gasteiger partial charge in [-0.3, -0.25) is 4.98 Å². The van der Waals surface area contributed by atoms with Crippen molar-refractivity contribution in [3.63, 3.8) is 0 Å². The molecule has 3 saturated heterocycles. The van der Waals surface area contributed by atoms with Crippen LogP contribution in [0.1, 0.15) is 24.2 Å². The van der Waals surface area contributed by atoms with Crippen LogP contribution in [0.2, 0.25) is 0 Å². The summed E-state index contributed by atoms with van der Waals surface area (Å²) in [5.74, 6) is 1.11. The van der Waals surface area contributed by atoms with Crippen LogP contribution in [0.3, 0.4) is 0 Å². The number of fused-ring (bicyclic) bond motifs is 3. The van der Waals surface area contributed by atoms with Crippen LogP contribution >= 0.6 is 0 Å². The molecule has 1 unspecified atom stereocenters. The Morgan fingerprint density at radius 3 is 2.83 bits per heavy atom. The Kier molecular flexibility index (Phi) is 3.22. The molecule has 3 aliphatic heterocycles. The molecule has 1 aromatic heterocycles. The quantitative estimate of drug-likeness (QED) is 0.845. The van der Waals surface area contributed by atoms with E-state index in [0.29, 0.717) is 18.3 Å². The van der Waals surface area contributed by atoms with E-state index in [2.05, 4.69) is 15.2 Å². The van der Waals surface area contributed by atoms with E-state index in [-0.39, 0.29) is 0 Å². The lowest BCUT2D eigenvalue weighted by Crippen LogP contribution is -2.55. The Balaban J connectivity index is 1.62. The average molecular weight is 247 g/mol. The number of nitrogens with one attached hydrogen (secondary N) is 1. The summed E-state index contributed by atoms with van der Waals surface area (Å²) in [4.78, 5) is 6.92. The smallest absolute Gasteiger partial charge is 0.138 e. The molecule has 1 atom stereocenters. The standard InChI is InChI=1S/C14H21N3O/c1-10-2-3-14(18)12(16-10)8-15-13-9-17-6-4-11(13)5-7-17/h2-3,11,13,15,18H,4-9H2,1H3. The minimum absolute atomic E-state index is 0.300. The van der Waals surface area contributed by atoms with Crippen molar-refractivity contribution in [1.29, 1.82) is 0 Å². The van der Waals surface area contributed by atoms with Gasteiger partial charge in [0.1, 0.15) is 5.75 Å². The third-order valence-electron chi connectivity index (χ3n) is 4.28. The molecule has 4 heterocycles. The highest BCUT2D eigenvalue weighted by Gasteiger charge is 2.33. The number of aryl methyl sites for hydroxylation is 1. The summed E-state index contributed by atoms with van der Waals surface area (Å²) in [5.41, 5.74) is 1.73. The van der Waals surface area contributed by atoms with Crippen LogP contribution in [-0.4, -0.2) is 40.7 Å². The van der Waals surface area contributed by atoms with Crippen molar-refractivity contribution in [3.8, 4) is 5.75 Å². The molecule has 0 amide bonds. The van der Waals surface area contributed by atoms with E-state index in [9.17, 15) is 5.11 Å². The van der Waals surface area contributed by atoms with E-state index in [0.717, 1.165) is 23.9 Å². The predicted molar refractivity (Wildman–Crippen MR) is 70.4 cm³/mol. The lowest BCUT2D eigenvalue weighted by atomic mass is 9.84. The number of hydrogen-bond acceptors (Lipinski definition) is 4. The normalized spacial score (nSPS) is 30.6. The molecule has 0 aromatic carbocycles. The fraction of sp³-hybridized carbons (Fsp3) is 0.643. The highest BCUT2D eigenvalue weighted by Crippen LogP contribution is 2.27. The highest BCUT2D eigenvalue weighted by atomic mass is 16.3. The van der Waals surface area contributed by atoms with Crippen molar-refractivity contribution in [2.45, 2.75) is 32.4 Å². The summed E-state index contributed by atoms with van der Waals surface area (Å²) in [5, 5.41) is 13.4. The Morgan fingerprint density at radius 2 is 2.17 bits per heavy atom. The van der Waals surface area contributed by atoms with Crippen molar-refractivity contribution in [2.24, 2.45) is 5.92 Å². The molecular weight excluding hydrogens is 226 g/mol. The zero-order valence-electron chi connectivity index (χ0n) is 10.9. The molecule has 0 aliphatic carbocycles. The van der Waals surface area contributed by atoms with Gasteiger partial charge < -0.3 is 15.3 Å². The van der Waals surface area contributed by atoms with Gasteiger partial charge in [-0.25, -0.2) is 0 Å². The van der Waals surface area contributed by atoms with E-state index in [1.165, 1.54) is 25.9 Å². The summed E-state index contributed by atoms with van der Waals surface area (Å²) in [6, 6.07) is 4.14. The molecular formula is C14H21N3O. The van der Waals surface area contributed by atoms with E-state index in [1.807, 2.05) is 13.0 Å². The van der Waals surface area contributed by atoms with E-state index >= 15 is 0 Å². The van der Waals surface area contributed by atoms with Crippen LogP contribution in [0.15, 0.2) is 12.1 Å². The number of rotatable bonds is 3. The lowest BCUT2D eigenvalue weighted by molar-refractivity contribution is 0.0717. The maximum Gasteiger partial charge on any atom is 0.138 e. The minimum atomic E-state index is 0.300. The second-order valence-corrected chi connectivity index (χ2v) is 5.54. The third-order valence-corrected chi connectivity index (χ3v) is 4.28. The Morgan fingerprint density at radius 1 is 1.39 bits per heavy atom. The number of piperidine rings is 3. The second kappa shape index (κ2) is 4.86. The van der Waals surface area contributed by atoms with Crippen molar-refractivity contribution >= 4 is 0 Å². The monoisotopic (exact) mass is 247 g/mol. The highest BCUT2D eigenvalue weighted by molar-refractivity contribution is 5.27. The Labute approximate surface area is 108 Å². The molecule has 0 saturated carbocycles. The fourth-order valence-electron chi connectivity index (χ4n) is 3.16. The van der Waals surface area contributed by atoms with Crippen LogP contribution in [0.4, 0.5) is 0 Å². The Bertz CT molecular complexity index is 427. The van der Waals surface area contributed by atoms with E-state index in [1.54, 1.807) is 6.07 Å². The van der Waals surface area contributed by atoms with Crippen LogP contribution in [0.5, 0.6) is 5.75 Å². The maximum absolute atomic E-state index is 9.78. The first-order valence-corrected chi connectivity index (χ1v) is 6.83. The number of aromatic nitrogens is 1. The summed E-state index contributed by atoms with van der Waals surface area (Å²) < 4.78 is 0. The fourth-order valence-corrected chi connectivity index (χ4v) is 3.16. The molecule has 3 fully saturated rings. The van der Waals surface area contributed by atoms with Gasteiger partial charge in [0, 0.05) is 24.8 Å². The number of aromatic hydroxyl groups is 1. The molecule has 4 rings (SSSR count). The van der Waals surface area contributed by atoms with Gasteiger partial charge in [-0.2, -0.15) is 0 Å². The summed E-state index contributed by atoms with van der Waals surface area (Å²) >= 11 is 0. The summed E-state index contributed by atoms with van der Waals surface area (Å²) in [6.07, 6.45) is 2.62. The first kappa shape index (κ1) is 11.9. The van der Waals surface area contributed by atoms with Crippen LogP contribution in [-0.2, 0) is 6.54 Å². The zero-order chi connectivity index (χ0) is 12.5. The van der Waals surface area contributed by atoms with Gasteiger partial charge >= 0.3 is 0 Å². The van der Waals surface area contributed by atoms with Crippen LogP contribution in [0.25, 0.3) is 0 Å². The first-order chi connectivity index (χ1) is 8.72. The molecule has 0 spiro atoms. The summed E-state index contributed by atoms with van der Waals surface area (Å²) in [7, 11) is 0. The summed E-state index contributed by atoms with van der Waals surface area (Å²) in [6.45, 7) is 6.30. The predicted octanol–water partition coefficient (Wildman–Crippen LogP) is 1.28. The van der Waals surface area contributed by atoms with E-state index < -0.39 is 0 Å². The average Bonchev–Trinajstić information content (AvgIpc) is 2.41. The first-order valence-electron chi connectivity index (χ1n) is 6.83. The lowest BCUT2D eigenvalue weighted by Gasteiger charge is -2.45. The molecule has 2 bridgehead atoms. The van der Waals surface area contributed by atoms with Crippen molar-refractivity contribution in [2.75, 3.05) is 19.6 Å². The molecule has 0 radical (unpaired) electrons. The van der Waals surface area contributed by atoms with Crippen molar-refractivity contribution in [1.82, 2.24) is 15.2 Å². The van der Waals surface area contributed by atoms with Gasteiger partial charge in [0.25, 0.3) is 0 Å². The Hall–Kier alpha value is -1.13. The van der Waals surface area contributed by atoms with Crippen molar-refractivity contribution < 1.29 is 5.11 Å². The molecule has 2 N–H and O–H groups in total. The molecule has 4 nitrogen and oxygen atoms in total. The van der Waals surface area contributed by atoms with Gasteiger partial charge in [-0.1, -0.05) is 0 Å².